The first-order chi connectivity index (χ1) is 16.5. The van der Waals surface area contributed by atoms with Crippen molar-refractivity contribution in [2.24, 2.45) is 0 Å². The van der Waals surface area contributed by atoms with Gasteiger partial charge in [0.2, 0.25) is 5.91 Å². The molecule has 34 heavy (non-hydrogen) atoms. The molecule has 0 saturated heterocycles. The Morgan fingerprint density at radius 3 is 2.82 bits per heavy atom. The Hall–Kier alpha value is -3.93. The summed E-state index contributed by atoms with van der Waals surface area (Å²) in [4.78, 5) is 23.3. The molecule has 8 heteroatoms. The SMILES string of the molecule is C#Cc1cccc(Nc2ncnc3cc(OCCOCC)c(NC(=O)/C=C/CN(C)C)cc23)c1. The number of fused-ring (bicyclic) bond motifs is 1. The predicted octanol–water partition coefficient (Wildman–Crippen LogP) is 3.83. The molecule has 8 nitrogen and oxygen atoms in total. The maximum atomic E-state index is 12.5. The number of carbonyl (C=O) groups excluding carboxylic acids is 1. The van der Waals surface area contributed by atoms with Gasteiger partial charge < -0.3 is 25.0 Å². The van der Waals surface area contributed by atoms with Gasteiger partial charge in [0.15, 0.2) is 0 Å². The number of anilines is 3. The fraction of sp³-hybridized carbons (Fsp3) is 0.269. The van der Waals surface area contributed by atoms with E-state index in [1.165, 1.54) is 12.4 Å². The summed E-state index contributed by atoms with van der Waals surface area (Å²) in [5.74, 6) is 3.45. The molecule has 3 rings (SSSR count). The highest BCUT2D eigenvalue weighted by Crippen LogP contribution is 2.33. The average molecular weight is 460 g/mol. The van der Waals surface area contributed by atoms with E-state index in [1.54, 1.807) is 18.2 Å². The second-order valence-electron chi connectivity index (χ2n) is 7.64. The van der Waals surface area contributed by atoms with Crippen LogP contribution in [0.15, 0.2) is 54.9 Å². The van der Waals surface area contributed by atoms with E-state index in [9.17, 15) is 4.79 Å². The number of ether oxygens (including phenoxy) is 2. The zero-order valence-electron chi connectivity index (χ0n) is 19.7. The molecular formula is C26H29N5O3. The number of terminal acetylenes is 1. The van der Waals surface area contributed by atoms with Crippen molar-refractivity contribution in [1.82, 2.24) is 14.9 Å². The van der Waals surface area contributed by atoms with Crippen molar-refractivity contribution >= 4 is 34.0 Å². The van der Waals surface area contributed by atoms with Crippen LogP contribution < -0.4 is 15.4 Å². The van der Waals surface area contributed by atoms with E-state index in [0.717, 1.165) is 16.6 Å². The predicted molar refractivity (Wildman–Crippen MR) is 136 cm³/mol. The summed E-state index contributed by atoms with van der Waals surface area (Å²) < 4.78 is 11.3. The van der Waals surface area contributed by atoms with Gasteiger partial charge in [-0.05, 0) is 45.3 Å². The third-order valence-corrected chi connectivity index (χ3v) is 4.72. The maximum Gasteiger partial charge on any atom is 0.248 e. The Kier molecular flexibility index (Phi) is 8.97. The Morgan fingerprint density at radius 1 is 1.21 bits per heavy atom. The number of carbonyl (C=O) groups is 1. The number of rotatable bonds is 11. The molecule has 0 unspecified atom stereocenters. The smallest absolute Gasteiger partial charge is 0.248 e. The molecule has 1 heterocycles. The standard InChI is InChI=1S/C26H29N5O3/c1-5-19-9-7-10-20(15-19)29-26-21-16-23(30-25(32)11-8-12-31(3)4)24(34-14-13-33-6-2)17-22(21)27-18-28-26/h1,7-11,15-18H,6,12-14H2,2-4H3,(H,30,32)(H,27,28,29)/b11-8+. The highest BCUT2D eigenvalue weighted by atomic mass is 16.5. The molecule has 2 aromatic carbocycles. The zero-order chi connectivity index (χ0) is 24.3. The molecule has 0 radical (unpaired) electrons. The van der Waals surface area contributed by atoms with E-state index in [0.29, 0.717) is 49.1 Å². The van der Waals surface area contributed by atoms with Crippen LogP contribution in [0.25, 0.3) is 10.9 Å². The molecule has 176 valence electrons. The molecule has 0 fully saturated rings. The fourth-order valence-corrected chi connectivity index (χ4v) is 3.12. The van der Waals surface area contributed by atoms with Crippen molar-refractivity contribution in [3.63, 3.8) is 0 Å². The summed E-state index contributed by atoms with van der Waals surface area (Å²) >= 11 is 0. The van der Waals surface area contributed by atoms with Crippen molar-refractivity contribution in [1.29, 1.82) is 0 Å². The summed E-state index contributed by atoms with van der Waals surface area (Å²) in [6.45, 7) is 3.96. The molecule has 3 aromatic rings. The monoisotopic (exact) mass is 459 g/mol. The van der Waals surface area contributed by atoms with Gasteiger partial charge in [-0.25, -0.2) is 9.97 Å². The summed E-state index contributed by atoms with van der Waals surface area (Å²) in [6, 6.07) is 11.1. The molecule has 0 atom stereocenters. The van der Waals surface area contributed by atoms with Crippen LogP contribution in [0, 0.1) is 12.3 Å². The van der Waals surface area contributed by atoms with E-state index < -0.39 is 0 Å². The molecule has 0 bridgehead atoms. The number of nitrogens with one attached hydrogen (secondary N) is 2. The lowest BCUT2D eigenvalue weighted by Crippen LogP contribution is -2.14. The Labute approximate surface area is 200 Å². The van der Waals surface area contributed by atoms with Gasteiger partial charge in [0.05, 0.1) is 17.8 Å². The van der Waals surface area contributed by atoms with E-state index in [-0.39, 0.29) is 5.91 Å². The van der Waals surface area contributed by atoms with Gasteiger partial charge in [-0.15, -0.1) is 6.42 Å². The van der Waals surface area contributed by atoms with Crippen molar-refractivity contribution in [2.45, 2.75) is 6.92 Å². The van der Waals surface area contributed by atoms with Gasteiger partial charge in [0.1, 0.15) is 24.5 Å². The van der Waals surface area contributed by atoms with Crippen molar-refractivity contribution in [2.75, 3.05) is 51.1 Å². The largest absolute Gasteiger partial charge is 0.489 e. The van der Waals surface area contributed by atoms with Gasteiger partial charge in [0, 0.05) is 41.9 Å². The number of hydrogen-bond donors (Lipinski definition) is 2. The minimum absolute atomic E-state index is 0.260. The third kappa shape index (κ3) is 7.04. The summed E-state index contributed by atoms with van der Waals surface area (Å²) in [7, 11) is 3.87. The van der Waals surface area contributed by atoms with Gasteiger partial charge in [0.25, 0.3) is 0 Å². The number of amides is 1. The summed E-state index contributed by atoms with van der Waals surface area (Å²) in [5.41, 5.74) is 2.73. The second kappa shape index (κ2) is 12.3. The summed E-state index contributed by atoms with van der Waals surface area (Å²) in [5, 5.41) is 6.92. The maximum absolute atomic E-state index is 12.5. The van der Waals surface area contributed by atoms with Crippen molar-refractivity contribution in [3.8, 4) is 18.1 Å². The number of aromatic nitrogens is 2. The zero-order valence-corrected chi connectivity index (χ0v) is 19.7. The first-order valence-electron chi connectivity index (χ1n) is 11.0. The molecule has 0 spiro atoms. The van der Waals surface area contributed by atoms with Crippen LogP contribution in [0.4, 0.5) is 17.2 Å². The highest BCUT2D eigenvalue weighted by molar-refractivity contribution is 6.03. The van der Waals surface area contributed by atoms with Crippen LogP contribution in [-0.4, -0.2) is 61.2 Å². The number of likely N-dealkylation sites (N-methyl/N-ethyl adjacent to an activating group) is 1. The molecule has 1 amide bonds. The lowest BCUT2D eigenvalue weighted by molar-refractivity contribution is -0.111. The van der Waals surface area contributed by atoms with Gasteiger partial charge in [-0.2, -0.15) is 0 Å². The number of hydrogen-bond acceptors (Lipinski definition) is 7. The normalized spacial score (nSPS) is 11.0. The van der Waals surface area contributed by atoms with Gasteiger partial charge in [-0.3, -0.25) is 4.79 Å². The molecule has 0 aliphatic heterocycles. The topological polar surface area (TPSA) is 88.6 Å². The van der Waals surface area contributed by atoms with Gasteiger partial charge in [-0.1, -0.05) is 18.1 Å². The average Bonchev–Trinajstić information content (AvgIpc) is 2.82. The van der Waals surface area contributed by atoms with Crippen LogP contribution in [0.1, 0.15) is 12.5 Å². The van der Waals surface area contributed by atoms with E-state index in [1.807, 2.05) is 50.2 Å². The first kappa shape index (κ1) is 24.7. The van der Waals surface area contributed by atoms with E-state index in [4.69, 9.17) is 15.9 Å². The first-order valence-corrected chi connectivity index (χ1v) is 11.0. The van der Waals surface area contributed by atoms with Crippen LogP contribution in [0.3, 0.4) is 0 Å². The summed E-state index contributed by atoms with van der Waals surface area (Å²) in [6.07, 6.45) is 10.3. The quantitative estimate of drug-likeness (QED) is 0.256. The van der Waals surface area contributed by atoms with E-state index in [2.05, 4.69) is 26.5 Å². The fourth-order valence-electron chi connectivity index (χ4n) is 3.12. The van der Waals surface area contributed by atoms with Crippen LogP contribution in [0.5, 0.6) is 5.75 Å². The van der Waals surface area contributed by atoms with Crippen molar-refractivity contribution < 1.29 is 14.3 Å². The Morgan fingerprint density at radius 2 is 2.06 bits per heavy atom. The number of nitrogens with zero attached hydrogens (tertiary/aromatic N) is 3. The van der Waals surface area contributed by atoms with Crippen molar-refractivity contribution in [3.05, 3.63) is 60.4 Å². The molecule has 1 aromatic heterocycles. The minimum Gasteiger partial charge on any atom is -0.489 e. The lowest BCUT2D eigenvalue weighted by Gasteiger charge is -2.15. The molecule has 2 N–H and O–H groups in total. The minimum atomic E-state index is -0.260. The van der Waals surface area contributed by atoms with Gasteiger partial charge >= 0.3 is 0 Å². The molecule has 0 aliphatic carbocycles. The third-order valence-electron chi connectivity index (χ3n) is 4.72. The van der Waals surface area contributed by atoms with Crippen LogP contribution in [0.2, 0.25) is 0 Å². The lowest BCUT2D eigenvalue weighted by atomic mass is 10.1. The molecule has 0 aliphatic rings. The van der Waals surface area contributed by atoms with Crippen LogP contribution >= 0.6 is 0 Å². The van der Waals surface area contributed by atoms with Crippen LogP contribution in [-0.2, 0) is 9.53 Å². The Bertz CT molecular complexity index is 1200. The van der Waals surface area contributed by atoms with E-state index >= 15 is 0 Å². The second-order valence-corrected chi connectivity index (χ2v) is 7.64. The highest BCUT2D eigenvalue weighted by Gasteiger charge is 2.13. The molecular weight excluding hydrogens is 430 g/mol. The molecule has 0 saturated carbocycles. The number of benzene rings is 2. The Balaban J connectivity index is 1.94.